The summed E-state index contributed by atoms with van der Waals surface area (Å²) in [5, 5.41) is 12.1. The number of amides is 1. The molecule has 6 heteroatoms. The van der Waals surface area contributed by atoms with E-state index < -0.39 is 18.5 Å². The van der Waals surface area contributed by atoms with Crippen molar-refractivity contribution in [2.24, 2.45) is 0 Å². The predicted molar refractivity (Wildman–Crippen MR) is 78.5 cm³/mol. The maximum absolute atomic E-state index is 11.7. The maximum atomic E-state index is 11.7. The van der Waals surface area contributed by atoms with Gasteiger partial charge in [0.15, 0.2) is 6.61 Å². The molecule has 2 N–H and O–H groups in total. The zero-order valence-corrected chi connectivity index (χ0v) is 11.6. The van der Waals surface area contributed by atoms with E-state index in [2.05, 4.69) is 5.32 Å². The van der Waals surface area contributed by atoms with Crippen molar-refractivity contribution < 1.29 is 19.4 Å². The largest absolute Gasteiger partial charge is 0.508 e. The van der Waals surface area contributed by atoms with Crippen LogP contribution in [0.1, 0.15) is 10.4 Å². The molecule has 0 fully saturated rings. The molecule has 0 bridgehead atoms. The molecule has 5 nitrogen and oxygen atoms in total. The number of nitrogens with one attached hydrogen (secondary N) is 1. The molecule has 0 saturated heterocycles. The minimum absolute atomic E-state index is 0.0445. The summed E-state index contributed by atoms with van der Waals surface area (Å²) >= 11 is 5.90. The van der Waals surface area contributed by atoms with Gasteiger partial charge in [-0.1, -0.05) is 23.7 Å². The third kappa shape index (κ3) is 4.22. The fourth-order valence-corrected chi connectivity index (χ4v) is 1.74. The fraction of sp³-hybridized carbons (Fsp3) is 0.0667. The number of hydrogen-bond donors (Lipinski definition) is 2. The summed E-state index contributed by atoms with van der Waals surface area (Å²) in [6.45, 7) is -0.426. The molecule has 2 rings (SSSR count). The first kappa shape index (κ1) is 14.9. The summed E-state index contributed by atoms with van der Waals surface area (Å²) < 4.78 is 4.87. The van der Waals surface area contributed by atoms with Crippen molar-refractivity contribution in [2.75, 3.05) is 11.9 Å². The van der Waals surface area contributed by atoms with Crippen LogP contribution in [0.4, 0.5) is 5.69 Å². The highest BCUT2D eigenvalue weighted by molar-refractivity contribution is 6.33. The molecule has 2 aromatic rings. The number of anilines is 1. The number of halogens is 1. The number of phenols is 1. The van der Waals surface area contributed by atoms with Gasteiger partial charge in [-0.15, -0.1) is 0 Å². The van der Waals surface area contributed by atoms with Crippen molar-refractivity contribution in [2.45, 2.75) is 0 Å². The monoisotopic (exact) mass is 305 g/mol. The zero-order valence-electron chi connectivity index (χ0n) is 10.9. The Kier molecular flexibility index (Phi) is 4.79. The topological polar surface area (TPSA) is 75.6 Å². The van der Waals surface area contributed by atoms with Crippen molar-refractivity contribution in [3.05, 3.63) is 59.1 Å². The second kappa shape index (κ2) is 6.76. The highest BCUT2D eigenvalue weighted by atomic mass is 35.5. The summed E-state index contributed by atoms with van der Waals surface area (Å²) in [7, 11) is 0. The van der Waals surface area contributed by atoms with Gasteiger partial charge in [-0.25, -0.2) is 4.79 Å². The van der Waals surface area contributed by atoms with Crippen LogP contribution in [0.3, 0.4) is 0 Å². The van der Waals surface area contributed by atoms with E-state index in [9.17, 15) is 9.59 Å². The van der Waals surface area contributed by atoms with Crippen LogP contribution < -0.4 is 5.32 Å². The number of phenolic OH excluding ortho intramolecular Hbond substituents is 1. The molecule has 0 aliphatic carbocycles. The predicted octanol–water partition coefficient (Wildman–Crippen LogP) is 2.84. The third-order valence-electron chi connectivity index (χ3n) is 2.59. The van der Waals surface area contributed by atoms with Gasteiger partial charge in [0.25, 0.3) is 5.91 Å². The molecule has 21 heavy (non-hydrogen) atoms. The Labute approximate surface area is 126 Å². The quantitative estimate of drug-likeness (QED) is 0.852. The first-order valence-electron chi connectivity index (χ1n) is 6.07. The first-order valence-corrected chi connectivity index (χ1v) is 6.44. The van der Waals surface area contributed by atoms with E-state index in [1.807, 2.05) is 0 Å². The number of benzene rings is 2. The van der Waals surface area contributed by atoms with Crippen LogP contribution in [0.25, 0.3) is 0 Å². The van der Waals surface area contributed by atoms with Gasteiger partial charge in [0.05, 0.1) is 16.3 Å². The van der Waals surface area contributed by atoms with Gasteiger partial charge in [-0.3, -0.25) is 4.79 Å². The molecule has 0 atom stereocenters. The number of ether oxygens (including phenoxy) is 1. The minimum atomic E-state index is -0.649. The Hall–Kier alpha value is -2.53. The molecular formula is C15H12ClNO4. The summed E-state index contributed by atoms with van der Waals surface area (Å²) in [5.74, 6) is -1.09. The van der Waals surface area contributed by atoms with E-state index in [-0.39, 0.29) is 11.3 Å². The Balaban J connectivity index is 1.88. The molecule has 2 aromatic carbocycles. The maximum Gasteiger partial charge on any atom is 0.338 e. The second-order valence-electron chi connectivity index (χ2n) is 4.15. The summed E-state index contributed by atoms with van der Waals surface area (Å²) in [5.41, 5.74) is 0.697. The van der Waals surface area contributed by atoms with Crippen LogP contribution in [0.15, 0.2) is 48.5 Å². The Bertz CT molecular complexity index is 655. The van der Waals surface area contributed by atoms with Gasteiger partial charge >= 0.3 is 5.97 Å². The number of esters is 1. The van der Waals surface area contributed by atoms with E-state index in [0.717, 1.165) is 0 Å². The molecule has 0 heterocycles. The normalized spacial score (nSPS) is 9.95. The molecule has 0 radical (unpaired) electrons. The number of carbonyl (C=O) groups excluding carboxylic acids is 2. The standard InChI is InChI=1S/C15H12ClNO4/c16-12-3-1-2-4-13(12)17-14(19)9-21-15(20)10-5-7-11(18)8-6-10/h1-8,18H,9H2,(H,17,19). The van der Waals surface area contributed by atoms with Gasteiger partial charge < -0.3 is 15.2 Å². The Morgan fingerprint density at radius 3 is 2.43 bits per heavy atom. The van der Waals surface area contributed by atoms with E-state index in [0.29, 0.717) is 10.7 Å². The van der Waals surface area contributed by atoms with Crippen LogP contribution in [0, 0.1) is 0 Å². The van der Waals surface area contributed by atoms with Crippen LogP contribution in [-0.4, -0.2) is 23.6 Å². The van der Waals surface area contributed by atoms with Crippen molar-refractivity contribution >= 4 is 29.2 Å². The van der Waals surface area contributed by atoms with Gasteiger partial charge in [-0.2, -0.15) is 0 Å². The lowest BCUT2D eigenvalue weighted by atomic mass is 10.2. The van der Waals surface area contributed by atoms with Gasteiger partial charge in [0.2, 0.25) is 0 Å². The number of rotatable bonds is 4. The van der Waals surface area contributed by atoms with Crippen molar-refractivity contribution in [3.63, 3.8) is 0 Å². The van der Waals surface area contributed by atoms with Crippen molar-refractivity contribution in [1.29, 1.82) is 0 Å². The third-order valence-corrected chi connectivity index (χ3v) is 2.91. The van der Waals surface area contributed by atoms with Gasteiger partial charge in [0, 0.05) is 0 Å². The fourth-order valence-electron chi connectivity index (χ4n) is 1.56. The molecule has 0 aliphatic rings. The zero-order chi connectivity index (χ0) is 15.2. The minimum Gasteiger partial charge on any atom is -0.508 e. The average Bonchev–Trinajstić information content (AvgIpc) is 2.48. The molecule has 0 unspecified atom stereocenters. The number of carbonyl (C=O) groups is 2. The lowest BCUT2D eigenvalue weighted by Crippen LogP contribution is -2.21. The van der Waals surface area contributed by atoms with E-state index in [1.165, 1.54) is 24.3 Å². The molecule has 1 amide bonds. The molecule has 108 valence electrons. The molecule has 0 aromatic heterocycles. The van der Waals surface area contributed by atoms with Crippen LogP contribution in [-0.2, 0) is 9.53 Å². The van der Waals surface area contributed by atoms with E-state index in [4.69, 9.17) is 21.4 Å². The van der Waals surface area contributed by atoms with E-state index >= 15 is 0 Å². The number of para-hydroxylation sites is 1. The van der Waals surface area contributed by atoms with Crippen LogP contribution in [0.5, 0.6) is 5.75 Å². The number of hydrogen-bond acceptors (Lipinski definition) is 4. The summed E-state index contributed by atoms with van der Waals surface area (Å²) in [6.07, 6.45) is 0. The van der Waals surface area contributed by atoms with Crippen LogP contribution in [0.2, 0.25) is 5.02 Å². The highest BCUT2D eigenvalue weighted by Crippen LogP contribution is 2.20. The van der Waals surface area contributed by atoms with Crippen LogP contribution >= 0.6 is 11.6 Å². The second-order valence-corrected chi connectivity index (χ2v) is 4.56. The smallest absolute Gasteiger partial charge is 0.338 e. The van der Waals surface area contributed by atoms with E-state index in [1.54, 1.807) is 24.3 Å². The van der Waals surface area contributed by atoms with Crippen molar-refractivity contribution in [3.8, 4) is 5.75 Å². The molecular weight excluding hydrogens is 294 g/mol. The molecule has 0 aliphatic heterocycles. The summed E-state index contributed by atoms with van der Waals surface area (Å²) in [6, 6.07) is 12.3. The lowest BCUT2D eigenvalue weighted by molar-refractivity contribution is -0.119. The summed E-state index contributed by atoms with van der Waals surface area (Å²) in [4.78, 5) is 23.3. The SMILES string of the molecule is O=C(COC(=O)c1ccc(O)cc1)Nc1ccccc1Cl. The Morgan fingerprint density at radius 2 is 1.76 bits per heavy atom. The van der Waals surface area contributed by atoms with Gasteiger partial charge in [-0.05, 0) is 36.4 Å². The average molecular weight is 306 g/mol. The highest BCUT2D eigenvalue weighted by Gasteiger charge is 2.11. The molecule has 0 spiro atoms. The van der Waals surface area contributed by atoms with Gasteiger partial charge in [0.1, 0.15) is 5.75 Å². The lowest BCUT2D eigenvalue weighted by Gasteiger charge is -2.07. The molecule has 0 saturated carbocycles. The van der Waals surface area contributed by atoms with Crippen molar-refractivity contribution in [1.82, 2.24) is 0 Å². The Morgan fingerprint density at radius 1 is 1.10 bits per heavy atom. The first-order chi connectivity index (χ1) is 10.1. The number of aromatic hydroxyl groups is 1.